The zero-order valence-corrected chi connectivity index (χ0v) is 16.7. The van der Waals surface area contributed by atoms with Crippen LogP contribution in [0, 0.1) is 5.82 Å². The monoisotopic (exact) mass is 405 g/mol. The second-order valence-corrected chi connectivity index (χ2v) is 7.62. The van der Waals surface area contributed by atoms with Crippen LogP contribution in [0.2, 0.25) is 0 Å². The number of nitrogens with two attached hydrogens (primary N) is 1. The molecule has 30 heavy (non-hydrogen) atoms. The molecule has 5 nitrogen and oxygen atoms in total. The summed E-state index contributed by atoms with van der Waals surface area (Å²) in [7, 11) is 0. The fourth-order valence-electron chi connectivity index (χ4n) is 3.88. The van der Waals surface area contributed by atoms with E-state index in [-0.39, 0.29) is 23.4 Å². The Morgan fingerprint density at radius 1 is 1.10 bits per heavy atom. The summed E-state index contributed by atoms with van der Waals surface area (Å²) in [4.78, 5) is 13.4. The van der Waals surface area contributed by atoms with Crippen molar-refractivity contribution in [1.29, 1.82) is 0 Å². The van der Waals surface area contributed by atoms with E-state index in [0.717, 1.165) is 30.8 Å². The molecule has 154 valence electrons. The first-order chi connectivity index (χ1) is 14.4. The third-order valence-electron chi connectivity index (χ3n) is 5.37. The number of nitrogens with one attached hydrogen (secondary N) is 1. The molecular formula is C24H24FN3O2. The van der Waals surface area contributed by atoms with E-state index in [4.69, 9.17) is 5.73 Å². The maximum absolute atomic E-state index is 14.4. The first-order valence-electron chi connectivity index (χ1n) is 9.93. The molecule has 0 aliphatic carbocycles. The number of para-hydroxylation sites is 1. The van der Waals surface area contributed by atoms with Gasteiger partial charge in [0.15, 0.2) is 0 Å². The Balaban J connectivity index is 1.69. The van der Waals surface area contributed by atoms with E-state index in [1.165, 1.54) is 19.1 Å². The molecule has 0 aromatic heterocycles. The quantitative estimate of drug-likeness (QED) is 0.603. The highest BCUT2D eigenvalue weighted by atomic mass is 19.1. The van der Waals surface area contributed by atoms with Crippen LogP contribution >= 0.6 is 0 Å². The Morgan fingerprint density at radius 3 is 2.43 bits per heavy atom. The second kappa shape index (κ2) is 8.16. The summed E-state index contributed by atoms with van der Waals surface area (Å²) < 4.78 is 14.4. The number of aromatic hydroxyl groups is 1. The van der Waals surface area contributed by atoms with Crippen molar-refractivity contribution in [2.45, 2.75) is 19.4 Å². The summed E-state index contributed by atoms with van der Waals surface area (Å²) in [5, 5.41) is 13.4. The van der Waals surface area contributed by atoms with E-state index >= 15 is 0 Å². The lowest BCUT2D eigenvalue weighted by Crippen LogP contribution is -2.26. The summed E-state index contributed by atoms with van der Waals surface area (Å²) in [6.45, 7) is 3.05. The van der Waals surface area contributed by atoms with Crippen molar-refractivity contribution in [2.24, 2.45) is 5.73 Å². The maximum Gasteiger partial charge on any atom is 0.221 e. The van der Waals surface area contributed by atoms with Crippen LogP contribution in [0.4, 0.5) is 15.8 Å². The van der Waals surface area contributed by atoms with Crippen LogP contribution in [0.3, 0.4) is 0 Å². The van der Waals surface area contributed by atoms with Crippen molar-refractivity contribution in [1.82, 2.24) is 0 Å². The summed E-state index contributed by atoms with van der Waals surface area (Å²) in [5.74, 6) is -0.815. The number of anilines is 2. The van der Waals surface area contributed by atoms with E-state index in [9.17, 15) is 14.3 Å². The van der Waals surface area contributed by atoms with E-state index in [1.807, 2.05) is 36.4 Å². The Hall–Kier alpha value is -3.38. The SMILES string of the molecule is CC(=O)Nc1ccc(-c2cccc(-c3cccc(N4CCC(N)C4)c3)c2O)cc1F. The van der Waals surface area contributed by atoms with Gasteiger partial charge in [0.1, 0.15) is 11.6 Å². The van der Waals surface area contributed by atoms with Crippen LogP contribution in [0.1, 0.15) is 13.3 Å². The molecule has 0 radical (unpaired) electrons. The first-order valence-corrected chi connectivity index (χ1v) is 9.93. The minimum atomic E-state index is -0.556. The van der Waals surface area contributed by atoms with Crippen LogP contribution in [0.25, 0.3) is 22.3 Å². The zero-order chi connectivity index (χ0) is 21.3. The smallest absolute Gasteiger partial charge is 0.221 e. The van der Waals surface area contributed by atoms with E-state index in [2.05, 4.69) is 10.2 Å². The molecule has 1 fully saturated rings. The Bertz CT molecular complexity index is 1100. The van der Waals surface area contributed by atoms with Crippen molar-refractivity contribution in [3.05, 3.63) is 66.5 Å². The Labute approximate surface area is 175 Å². The summed E-state index contributed by atoms with van der Waals surface area (Å²) in [5.41, 5.74) is 9.81. The number of nitrogens with zero attached hydrogens (tertiary/aromatic N) is 1. The second-order valence-electron chi connectivity index (χ2n) is 7.62. The van der Waals surface area contributed by atoms with Gasteiger partial charge in [-0.1, -0.05) is 36.4 Å². The molecule has 1 amide bonds. The molecule has 1 atom stereocenters. The van der Waals surface area contributed by atoms with Gasteiger partial charge in [-0.05, 0) is 41.8 Å². The van der Waals surface area contributed by atoms with Crippen LogP contribution in [-0.2, 0) is 4.79 Å². The molecule has 3 aromatic rings. The predicted octanol–water partition coefficient (Wildman–Crippen LogP) is 4.36. The molecule has 4 N–H and O–H groups in total. The maximum atomic E-state index is 14.4. The van der Waals surface area contributed by atoms with Crippen molar-refractivity contribution in [2.75, 3.05) is 23.3 Å². The minimum absolute atomic E-state index is 0.0828. The van der Waals surface area contributed by atoms with Crippen LogP contribution in [0.15, 0.2) is 60.7 Å². The number of phenolic OH excluding ortho intramolecular Hbond substituents is 1. The molecule has 0 bridgehead atoms. The standard InChI is InChI=1S/C24H24FN3O2/c1-15(29)27-23-9-8-17(13-22(23)25)21-7-3-6-20(24(21)30)16-4-2-5-19(12-16)28-11-10-18(26)14-28/h2-9,12-13,18,30H,10-11,14,26H2,1H3,(H,27,29). The van der Waals surface area contributed by atoms with Gasteiger partial charge in [-0.15, -0.1) is 0 Å². The highest BCUT2D eigenvalue weighted by molar-refractivity contribution is 5.89. The van der Waals surface area contributed by atoms with Crippen molar-refractivity contribution in [3.8, 4) is 28.0 Å². The molecule has 1 unspecified atom stereocenters. The highest BCUT2D eigenvalue weighted by Crippen LogP contribution is 2.39. The molecule has 3 aromatic carbocycles. The van der Waals surface area contributed by atoms with Crippen molar-refractivity contribution >= 4 is 17.3 Å². The molecule has 1 heterocycles. The predicted molar refractivity (Wildman–Crippen MR) is 118 cm³/mol. The number of halogens is 1. The summed E-state index contributed by atoms with van der Waals surface area (Å²) in [6, 6.07) is 18.1. The number of phenols is 1. The van der Waals surface area contributed by atoms with Gasteiger partial charge < -0.3 is 21.1 Å². The molecule has 1 aliphatic heterocycles. The fourth-order valence-corrected chi connectivity index (χ4v) is 3.88. The average Bonchev–Trinajstić information content (AvgIpc) is 3.16. The number of carbonyl (C=O) groups excluding carboxylic acids is 1. The lowest BCUT2D eigenvalue weighted by Gasteiger charge is -2.19. The highest BCUT2D eigenvalue weighted by Gasteiger charge is 2.20. The van der Waals surface area contributed by atoms with E-state index in [0.29, 0.717) is 16.7 Å². The van der Waals surface area contributed by atoms with E-state index in [1.54, 1.807) is 12.1 Å². The van der Waals surface area contributed by atoms with Gasteiger partial charge in [0.2, 0.25) is 5.91 Å². The van der Waals surface area contributed by atoms with Gasteiger partial charge in [-0.25, -0.2) is 4.39 Å². The number of rotatable bonds is 4. The molecule has 1 aliphatic rings. The third kappa shape index (κ3) is 4.00. The lowest BCUT2D eigenvalue weighted by molar-refractivity contribution is -0.114. The molecule has 6 heteroatoms. The van der Waals surface area contributed by atoms with Crippen molar-refractivity contribution in [3.63, 3.8) is 0 Å². The largest absolute Gasteiger partial charge is 0.507 e. The van der Waals surface area contributed by atoms with Gasteiger partial charge in [0, 0.05) is 42.9 Å². The van der Waals surface area contributed by atoms with Crippen LogP contribution < -0.4 is 16.0 Å². The van der Waals surface area contributed by atoms with E-state index < -0.39 is 5.82 Å². The lowest BCUT2D eigenvalue weighted by atomic mass is 9.96. The van der Waals surface area contributed by atoms with Gasteiger partial charge in [-0.2, -0.15) is 0 Å². The molecule has 0 saturated carbocycles. The topological polar surface area (TPSA) is 78.6 Å². The van der Waals surface area contributed by atoms with Gasteiger partial charge >= 0.3 is 0 Å². The number of hydrogen-bond acceptors (Lipinski definition) is 4. The van der Waals surface area contributed by atoms with Crippen molar-refractivity contribution < 1.29 is 14.3 Å². The van der Waals surface area contributed by atoms with Gasteiger partial charge in [0.25, 0.3) is 0 Å². The minimum Gasteiger partial charge on any atom is -0.507 e. The van der Waals surface area contributed by atoms with Crippen LogP contribution in [0.5, 0.6) is 5.75 Å². The van der Waals surface area contributed by atoms with Gasteiger partial charge in [0.05, 0.1) is 5.69 Å². The summed E-state index contributed by atoms with van der Waals surface area (Å²) >= 11 is 0. The number of amides is 1. The fraction of sp³-hybridized carbons (Fsp3) is 0.208. The number of hydrogen-bond donors (Lipinski definition) is 3. The molecule has 4 rings (SSSR count). The Morgan fingerprint density at radius 2 is 1.80 bits per heavy atom. The third-order valence-corrected chi connectivity index (χ3v) is 5.37. The average molecular weight is 405 g/mol. The van der Waals surface area contributed by atoms with Gasteiger partial charge in [-0.3, -0.25) is 4.79 Å². The normalized spacial score (nSPS) is 16.0. The molecule has 1 saturated heterocycles. The first kappa shape index (κ1) is 19.9. The Kier molecular flexibility index (Phi) is 5.42. The number of benzene rings is 3. The molecule has 0 spiro atoms. The number of carbonyl (C=O) groups is 1. The zero-order valence-electron chi connectivity index (χ0n) is 16.7. The van der Waals surface area contributed by atoms with Crippen LogP contribution in [-0.4, -0.2) is 30.1 Å². The molecular weight excluding hydrogens is 381 g/mol. The summed E-state index contributed by atoms with van der Waals surface area (Å²) in [6.07, 6.45) is 0.963.